The van der Waals surface area contributed by atoms with Crippen molar-refractivity contribution in [1.82, 2.24) is 15.3 Å². The first-order chi connectivity index (χ1) is 10.6. The molecule has 1 aromatic heterocycles. The van der Waals surface area contributed by atoms with E-state index in [9.17, 15) is 4.79 Å². The number of H-pyrrole nitrogens is 2. The molecule has 116 valence electrons. The predicted octanol–water partition coefficient (Wildman–Crippen LogP) is 0.919. The maximum atomic E-state index is 12.6. The monoisotopic (exact) mass is 300 g/mol. The molecule has 2 atom stereocenters. The van der Waals surface area contributed by atoms with Gasteiger partial charge in [-0.15, -0.1) is 5.10 Å². The predicted molar refractivity (Wildman–Crippen MR) is 84.3 cm³/mol. The molecule has 3 heterocycles. The topological polar surface area (TPSA) is 88.3 Å². The fourth-order valence-electron chi connectivity index (χ4n) is 4.05. The molecule has 0 radical (unpaired) electrons. The van der Waals surface area contributed by atoms with E-state index < -0.39 is 0 Å². The van der Waals surface area contributed by atoms with Crippen LogP contribution in [0.15, 0.2) is 18.2 Å². The van der Waals surface area contributed by atoms with E-state index in [0.29, 0.717) is 23.5 Å². The second-order valence-corrected chi connectivity index (χ2v) is 6.62. The van der Waals surface area contributed by atoms with Crippen molar-refractivity contribution >= 4 is 22.5 Å². The second kappa shape index (κ2) is 4.98. The van der Waals surface area contributed by atoms with Gasteiger partial charge in [-0.1, -0.05) is 0 Å². The van der Waals surface area contributed by atoms with Gasteiger partial charge in [0.15, 0.2) is 0 Å². The van der Waals surface area contributed by atoms with Gasteiger partial charge in [-0.2, -0.15) is 5.10 Å². The molecule has 6 heteroatoms. The molecule has 5 N–H and O–H groups in total. The highest BCUT2D eigenvalue weighted by atomic mass is 16.2. The molecule has 6 nitrogen and oxygen atoms in total. The number of nitrogen functional groups attached to an aromatic ring is 1. The van der Waals surface area contributed by atoms with Crippen molar-refractivity contribution in [2.75, 3.05) is 12.8 Å². The van der Waals surface area contributed by atoms with Gasteiger partial charge < -0.3 is 16.0 Å². The van der Waals surface area contributed by atoms with E-state index in [0.717, 1.165) is 23.7 Å². The molecule has 4 rings (SSSR count). The summed E-state index contributed by atoms with van der Waals surface area (Å²) in [5.41, 5.74) is 7.89. The van der Waals surface area contributed by atoms with Crippen molar-refractivity contribution in [3.8, 4) is 0 Å². The van der Waals surface area contributed by atoms with Crippen LogP contribution in [0.3, 0.4) is 0 Å². The van der Waals surface area contributed by atoms with Crippen LogP contribution in [0.2, 0.25) is 0 Å². The Morgan fingerprint density at radius 2 is 2.09 bits per heavy atom. The maximum Gasteiger partial charge on any atom is 0.319 e. The van der Waals surface area contributed by atoms with Crippen molar-refractivity contribution in [1.29, 1.82) is 0 Å². The molecule has 0 spiro atoms. The van der Waals surface area contributed by atoms with Crippen molar-refractivity contribution in [3.63, 3.8) is 0 Å². The van der Waals surface area contributed by atoms with E-state index in [-0.39, 0.29) is 11.9 Å². The van der Waals surface area contributed by atoms with Crippen LogP contribution in [-0.2, 0) is 0 Å². The van der Waals surface area contributed by atoms with Crippen LogP contribution in [0, 0.1) is 0 Å². The van der Waals surface area contributed by atoms with E-state index >= 15 is 0 Å². The third kappa shape index (κ3) is 2.14. The lowest BCUT2D eigenvalue weighted by Gasteiger charge is -2.36. The summed E-state index contributed by atoms with van der Waals surface area (Å²) in [6.45, 7) is 0. The van der Waals surface area contributed by atoms with Gasteiger partial charge in [-0.25, -0.2) is 0 Å². The fraction of sp³-hybridized carbons (Fsp3) is 0.500. The number of amides is 1. The Morgan fingerprint density at radius 3 is 2.82 bits per heavy atom. The summed E-state index contributed by atoms with van der Waals surface area (Å²) in [5, 5.41) is 10.1. The van der Waals surface area contributed by atoms with E-state index in [1.807, 2.05) is 18.2 Å². The number of piperidine rings is 1. The standard InChI is InChI=1S/C16H21N5O/c1-21-11-3-4-12(21)8-10(7-11)18-16(22)15-13-5-2-9(17)6-14(13)19-20-15/h2,5-6,10-12H,3-4,7-8,17H2,1H3,(H,18,22)(H,19,20)/p+1. The molecule has 2 bridgehead atoms. The van der Waals surface area contributed by atoms with E-state index in [2.05, 4.69) is 27.5 Å². The SMILES string of the molecule is CN1C2CCC1CC(NC(=O)c1[nH+][nH]c3cc(N)ccc13)C2. The molecule has 2 fully saturated rings. The number of carbonyl (C=O) groups is 1. The number of fused-ring (bicyclic) bond motifs is 3. The zero-order valence-electron chi connectivity index (χ0n) is 12.7. The van der Waals surface area contributed by atoms with Gasteiger partial charge in [0.1, 0.15) is 5.52 Å². The highest BCUT2D eigenvalue weighted by molar-refractivity contribution is 6.03. The molecule has 2 saturated heterocycles. The molecule has 22 heavy (non-hydrogen) atoms. The summed E-state index contributed by atoms with van der Waals surface area (Å²) in [4.78, 5) is 15.1. The normalized spacial score (nSPS) is 28.1. The molecule has 2 unspecified atom stereocenters. The zero-order chi connectivity index (χ0) is 15.3. The minimum Gasteiger partial charge on any atom is -0.399 e. The van der Waals surface area contributed by atoms with Crippen molar-refractivity contribution < 1.29 is 9.89 Å². The number of hydrogen-bond acceptors (Lipinski definition) is 3. The third-order valence-corrected chi connectivity index (χ3v) is 5.30. The van der Waals surface area contributed by atoms with Crippen LogP contribution < -0.4 is 16.1 Å². The highest BCUT2D eigenvalue weighted by Gasteiger charge is 2.39. The summed E-state index contributed by atoms with van der Waals surface area (Å²) in [6.07, 6.45) is 4.61. The number of aromatic amines is 2. The third-order valence-electron chi connectivity index (χ3n) is 5.30. The van der Waals surface area contributed by atoms with Crippen molar-refractivity contribution in [2.45, 2.75) is 43.8 Å². The summed E-state index contributed by atoms with van der Waals surface area (Å²) < 4.78 is 0. The smallest absolute Gasteiger partial charge is 0.319 e. The number of hydrogen-bond donors (Lipinski definition) is 3. The van der Waals surface area contributed by atoms with Crippen molar-refractivity contribution in [3.05, 3.63) is 23.9 Å². The van der Waals surface area contributed by atoms with Gasteiger partial charge in [0.25, 0.3) is 0 Å². The molecule has 2 aliphatic rings. The van der Waals surface area contributed by atoms with Gasteiger partial charge in [0, 0.05) is 23.8 Å². The van der Waals surface area contributed by atoms with Crippen LogP contribution in [0.25, 0.3) is 10.9 Å². The van der Waals surface area contributed by atoms with E-state index in [1.54, 1.807) is 0 Å². The molecule has 2 aliphatic heterocycles. The molecule has 1 aromatic carbocycles. The average Bonchev–Trinajstić information content (AvgIpc) is 2.97. The number of nitrogens with one attached hydrogen (secondary N) is 3. The van der Waals surface area contributed by atoms with Crippen LogP contribution in [0.5, 0.6) is 0 Å². The molecule has 1 amide bonds. The second-order valence-electron chi connectivity index (χ2n) is 6.62. The van der Waals surface area contributed by atoms with Gasteiger partial charge in [0.05, 0.1) is 5.39 Å². The first-order valence-electron chi connectivity index (χ1n) is 7.93. The number of carbonyl (C=O) groups excluding carboxylic acids is 1. The first kappa shape index (κ1) is 13.6. The van der Waals surface area contributed by atoms with E-state index in [4.69, 9.17) is 5.73 Å². The maximum absolute atomic E-state index is 12.6. The Kier molecular flexibility index (Phi) is 3.07. The number of benzene rings is 1. The Balaban J connectivity index is 1.52. The first-order valence-corrected chi connectivity index (χ1v) is 7.93. The largest absolute Gasteiger partial charge is 0.399 e. The highest BCUT2D eigenvalue weighted by Crippen LogP contribution is 2.34. The van der Waals surface area contributed by atoms with Crippen LogP contribution >= 0.6 is 0 Å². The van der Waals surface area contributed by atoms with Crippen LogP contribution in [0.1, 0.15) is 36.2 Å². The molecule has 2 aromatic rings. The number of nitrogens with two attached hydrogens (primary N) is 1. The number of aromatic nitrogens is 2. The lowest BCUT2D eigenvalue weighted by molar-refractivity contribution is -0.449. The van der Waals surface area contributed by atoms with Gasteiger partial charge in [0.2, 0.25) is 0 Å². The Bertz CT molecular complexity index is 710. The van der Waals surface area contributed by atoms with Crippen LogP contribution in [0.4, 0.5) is 5.69 Å². The van der Waals surface area contributed by atoms with Crippen molar-refractivity contribution in [2.24, 2.45) is 0 Å². The van der Waals surface area contributed by atoms with Gasteiger partial charge in [-0.3, -0.25) is 4.79 Å². The van der Waals surface area contributed by atoms with E-state index in [1.165, 1.54) is 12.8 Å². The number of rotatable bonds is 2. The fourth-order valence-corrected chi connectivity index (χ4v) is 4.05. The average molecular weight is 300 g/mol. The minimum atomic E-state index is -0.0371. The summed E-state index contributed by atoms with van der Waals surface area (Å²) in [5.74, 6) is -0.0371. The van der Waals surface area contributed by atoms with Gasteiger partial charge in [-0.05, 0) is 50.9 Å². The molecule has 0 aliphatic carbocycles. The van der Waals surface area contributed by atoms with Crippen LogP contribution in [-0.4, -0.2) is 41.1 Å². The Hall–Kier alpha value is -2.08. The van der Waals surface area contributed by atoms with Gasteiger partial charge >= 0.3 is 11.6 Å². The summed E-state index contributed by atoms with van der Waals surface area (Å²) in [7, 11) is 2.21. The number of anilines is 1. The zero-order valence-corrected chi connectivity index (χ0v) is 12.7. The molecular weight excluding hydrogens is 278 g/mol. The Labute approximate surface area is 129 Å². The minimum absolute atomic E-state index is 0.0371. The summed E-state index contributed by atoms with van der Waals surface area (Å²) in [6, 6.07) is 7.04. The molecular formula is C16H22N5O+. The Morgan fingerprint density at radius 1 is 1.36 bits per heavy atom. The summed E-state index contributed by atoms with van der Waals surface area (Å²) >= 11 is 0. The lowest BCUT2D eigenvalue weighted by atomic mass is 9.98. The quantitative estimate of drug-likeness (QED) is 0.721. The molecule has 0 saturated carbocycles. The number of nitrogens with zero attached hydrogens (tertiary/aromatic N) is 1. The lowest BCUT2D eigenvalue weighted by Crippen LogP contribution is -2.49.